The Bertz CT molecular complexity index is 1450. The molecule has 0 unspecified atom stereocenters. The average Bonchev–Trinajstić information content (AvgIpc) is 3.57. The van der Waals surface area contributed by atoms with E-state index in [-0.39, 0.29) is 5.91 Å². The highest BCUT2D eigenvalue weighted by Crippen LogP contribution is 2.38. The van der Waals surface area contributed by atoms with Crippen LogP contribution in [0.3, 0.4) is 0 Å². The summed E-state index contributed by atoms with van der Waals surface area (Å²) < 4.78 is 2.15. The Morgan fingerprint density at radius 1 is 1.14 bits per heavy atom. The molecule has 0 saturated heterocycles. The number of thiophene rings is 1. The third-order valence-corrected chi connectivity index (χ3v) is 7.75. The monoisotopic (exact) mass is 486 g/mol. The number of pyridine rings is 1. The van der Waals surface area contributed by atoms with Crippen molar-refractivity contribution in [1.82, 2.24) is 14.9 Å². The van der Waals surface area contributed by atoms with Crippen LogP contribution in [0.4, 0.5) is 0 Å². The van der Waals surface area contributed by atoms with Gasteiger partial charge in [0.05, 0.1) is 16.1 Å². The van der Waals surface area contributed by atoms with E-state index in [4.69, 9.17) is 10.7 Å². The second kappa shape index (κ2) is 9.30. The number of nitrogens with zero attached hydrogens (tertiary/aromatic N) is 2. The standard InChI is InChI=1S/C28H30N4O2S/c1-16(2)13-21-25(26(29)33)24(22-9-10-23(35-22)28(34)30-3)20-11-12-32(27(20)31-21)15-17-7-8-18-5-4-6-19(18)14-17/h7-12,14,16H,4-6,13,15H2,1-3H3,(H2,29,33)(H,30,34). The maximum atomic E-state index is 12.7. The zero-order valence-electron chi connectivity index (χ0n) is 20.4. The Labute approximate surface area is 209 Å². The molecular weight excluding hydrogens is 456 g/mol. The van der Waals surface area contributed by atoms with E-state index >= 15 is 0 Å². The van der Waals surface area contributed by atoms with Gasteiger partial charge in [0, 0.05) is 35.6 Å². The van der Waals surface area contributed by atoms with E-state index in [0.29, 0.717) is 35.0 Å². The van der Waals surface area contributed by atoms with E-state index in [0.717, 1.165) is 27.9 Å². The van der Waals surface area contributed by atoms with Crippen molar-refractivity contribution in [3.63, 3.8) is 0 Å². The molecule has 3 aromatic heterocycles. The van der Waals surface area contributed by atoms with Gasteiger partial charge < -0.3 is 15.6 Å². The fourth-order valence-corrected chi connectivity index (χ4v) is 6.09. The molecule has 0 aliphatic heterocycles. The van der Waals surface area contributed by atoms with Crippen LogP contribution in [0.2, 0.25) is 0 Å². The molecule has 0 spiro atoms. The van der Waals surface area contributed by atoms with Crippen molar-refractivity contribution >= 4 is 34.2 Å². The van der Waals surface area contributed by atoms with E-state index in [1.165, 1.54) is 40.9 Å². The Balaban J connectivity index is 1.68. The van der Waals surface area contributed by atoms with Crippen LogP contribution in [0.1, 0.15) is 62.7 Å². The Hall–Kier alpha value is -3.45. The molecule has 180 valence electrons. The van der Waals surface area contributed by atoms with Gasteiger partial charge in [0.25, 0.3) is 11.8 Å². The highest BCUT2D eigenvalue weighted by atomic mass is 32.1. The van der Waals surface area contributed by atoms with Crippen LogP contribution in [0.25, 0.3) is 21.5 Å². The lowest BCUT2D eigenvalue weighted by atomic mass is 9.96. The van der Waals surface area contributed by atoms with Crippen LogP contribution in [-0.2, 0) is 25.8 Å². The average molecular weight is 487 g/mol. The summed E-state index contributed by atoms with van der Waals surface area (Å²) in [5, 5.41) is 3.54. The van der Waals surface area contributed by atoms with Gasteiger partial charge in [-0.05, 0) is 66.5 Å². The smallest absolute Gasteiger partial charge is 0.261 e. The summed E-state index contributed by atoms with van der Waals surface area (Å²) in [5.74, 6) is -0.342. The molecule has 1 aliphatic carbocycles. The second-order valence-corrected chi connectivity index (χ2v) is 10.7. The molecule has 1 aliphatic rings. The predicted octanol–water partition coefficient (Wildman–Crippen LogP) is 4.96. The first-order chi connectivity index (χ1) is 16.9. The number of carbonyl (C=O) groups excluding carboxylic acids is 2. The van der Waals surface area contributed by atoms with Crippen LogP contribution in [0.15, 0.2) is 42.6 Å². The van der Waals surface area contributed by atoms with Crippen molar-refractivity contribution in [2.24, 2.45) is 11.7 Å². The molecule has 2 amide bonds. The number of primary amides is 1. The van der Waals surface area contributed by atoms with Crippen molar-refractivity contribution in [3.8, 4) is 10.4 Å². The van der Waals surface area contributed by atoms with Crippen molar-refractivity contribution in [2.45, 2.75) is 46.1 Å². The summed E-state index contributed by atoms with van der Waals surface area (Å²) >= 11 is 1.36. The van der Waals surface area contributed by atoms with Crippen LogP contribution in [-0.4, -0.2) is 28.4 Å². The highest BCUT2D eigenvalue weighted by molar-refractivity contribution is 7.17. The van der Waals surface area contributed by atoms with Gasteiger partial charge in [-0.15, -0.1) is 11.3 Å². The van der Waals surface area contributed by atoms with Crippen LogP contribution in [0, 0.1) is 5.92 Å². The Kier molecular flexibility index (Phi) is 6.19. The lowest BCUT2D eigenvalue weighted by Gasteiger charge is -2.15. The number of carbonyl (C=O) groups is 2. The quantitative estimate of drug-likeness (QED) is 0.387. The molecule has 1 aromatic carbocycles. The number of hydrogen-bond donors (Lipinski definition) is 2. The minimum atomic E-state index is -0.494. The van der Waals surface area contributed by atoms with Gasteiger partial charge in [0.2, 0.25) is 0 Å². The van der Waals surface area contributed by atoms with Crippen LogP contribution < -0.4 is 11.1 Å². The van der Waals surface area contributed by atoms with E-state index in [1.807, 2.05) is 18.3 Å². The van der Waals surface area contributed by atoms with Gasteiger partial charge in [-0.25, -0.2) is 4.98 Å². The largest absolute Gasteiger partial charge is 0.366 e. The number of aryl methyl sites for hydroxylation is 2. The first-order valence-electron chi connectivity index (χ1n) is 12.1. The number of hydrogen-bond acceptors (Lipinski definition) is 4. The minimum absolute atomic E-state index is 0.149. The van der Waals surface area contributed by atoms with Crippen molar-refractivity contribution in [3.05, 3.63) is 75.4 Å². The van der Waals surface area contributed by atoms with Crippen LogP contribution >= 0.6 is 11.3 Å². The molecule has 0 fully saturated rings. The van der Waals surface area contributed by atoms with E-state index in [1.54, 1.807) is 13.1 Å². The van der Waals surface area contributed by atoms with Crippen LogP contribution in [0.5, 0.6) is 0 Å². The first-order valence-corrected chi connectivity index (χ1v) is 12.9. The molecule has 0 atom stereocenters. The first kappa shape index (κ1) is 23.3. The van der Waals surface area contributed by atoms with E-state index in [9.17, 15) is 9.59 Å². The maximum absolute atomic E-state index is 12.7. The van der Waals surface area contributed by atoms with Gasteiger partial charge >= 0.3 is 0 Å². The van der Waals surface area contributed by atoms with Crippen molar-refractivity contribution in [2.75, 3.05) is 7.05 Å². The van der Waals surface area contributed by atoms with E-state index in [2.05, 4.69) is 41.9 Å². The number of nitrogens with one attached hydrogen (secondary N) is 1. The molecule has 5 rings (SSSR count). The lowest BCUT2D eigenvalue weighted by Crippen LogP contribution is -2.18. The van der Waals surface area contributed by atoms with Gasteiger partial charge in [0.15, 0.2) is 0 Å². The topological polar surface area (TPSA) is 90.0 Å². The van der Waals surface area contributed by atoms with Crippen molar-refractivity contribution < 1.29 is 9.59 Å². The number of aromatic nitrogens is 2. The Morgan fingerprint density at radius 2 is 1.94 bits per heavy atom. The number of rotatable bonds is 7. The van der Waals surface area contributed by atoms with Crippen molar-refractivity contribution in [1.29, 1.82) is 0 Å². The zero-order valence-corrected chi connectivity index (χ0v) is 21.2. The second-order valence-electron chi connectivity index (χ2n) is 9.65. The van der Waals surface area contributed by atoms with Gasteiger partial charge in [-0.3, -0.25) is 9.59 Å². The molecule has 0 bridgehead atoms. The molecule has 6 nitrogen and oxygen atoms in total. The van der Waals surface area contributed by atoms with Gasteiger partial charge in [-0.2, -0.15) is 0 Å². The number of amides is 2. The molecule has 3 heterocycles. The van der Waals surface area contributed by atoms with E-state index < -0.39 is 5.91 Å². The normalized spacial score (nSPS) is 12.9. The summed E-state index contributed by atoms with van der Waals surface area (Å²) in [6, 6.07) is 12.5. The summed E-state index contributed by atoms with van der Waals surface area (Å²) in [6.07, 6.45) is 6.21. The summed E-state index contributed by atoms with van der Waals surface area (Å²) in [5.41, 5.74) is 12.8. The summed E-state index contributed by atoms with van der Waals surface area (Å²) in [4.78, 5) is 31.4. The highest BCUT2D eigenvalue weighted by Gasteiger charge is 2.24. The zero-order chi connectivity index (χ0) is 24.7. The molecular formula is C28H30N4O2S. The number of benzene rings is 1. The summed E-state index contributed by atoms with van der Waals surface area (Å²) in [6.45, 7) is 4.91. The molecule has 0 radical (unpaired) electrons. The Morgan fingerprint density at radius 3 is 2.69 bits per heavy atom. The molecule has 35 heavy (non-hydrogen) atoms. The SMILES string of the molecule is CNC(=O)c1ccc(-c2c(C(N)=O)c(CC(C)C)nc3c2ccn3Cc2ccc3c(c2)CCC3)s1. The molecule has 3 N–H and O–H groups in total. The number of nitrogens with two attached hydrogens (primary N) is 1. The molecule has 0 saturated carbocycles. The maximum Gasteiger partial charge on any atom is 0.261 e. The fourth-order valence-electron chi connectivity index (χ4n) is 5.07. The van der Waals surface area contributed by atoms with Gasteiger partial charge in [0.1, 0.15) is 5.65 Å². The number of fused-ring (bicyclic) bond motifs is 2. The minimum Gasteiger partial charge on any atom is -0.366 e. The fraction of sp³-hybridized carbons (Fsp3) is 0.321. The van der Waals surface area contributed by atoms with Gasteiger partial charge in [-0.1, -0.05) is 32.0 Å². The third kappa shape index (κ3) is 4.36. The molecule has 7 heteroatoms. The lowest BCUT2D eigenvalue weighted by molar-refractivity contribution is 0.0965. The predicted molar refractivity (Wildman–Crippen MR) is 141 cm³/mol. The third-order valence-electron chi connectivity index (χ3n) is 6.65. The molecule has 4 aromatic rings. The summed E-state index contributed by atoms with van der Waals surface area (Å²) in [7, 11) is 1.61.